The molecule has 0 unspecified atom stereocenters. The molecule has 0 fully saturated rings. The second-order valence-electron chi connectivity index (χ2n) is 14.7. The average molecular weight is 925 g/mol. The van der Waals surface area contributed by atoms with Crippen LogP contribution in [0.1, 0.15) is 40.7 Å². The van der Waals surface area contributed by atoms with Crippen LogP contribution in [0.2, 0.25) is 0 Å². The van der Waals surface area contributed by atoms with E-state index in [2.05, 4.69) is 9.44 Å². The Bertz CT molecular complexity index is 2710. The SMILES string of the molecule is Cc1cc(C)c(S(=O)(=O)Nc2ccc(OCCOc3ccccc3CCC(=O)O)cc2)c(C)c1.O=C(O)CCc1ccccc1OCCOc1ccc(NS(=O)(=O)c2ccccc2)cc1. The third kappa shape index (κ3) is 15.6. The summed E-state index contributed by atoms with van der Waals surface area (Å²) in [6, 6.07) is 39.7. The number of aryl methyl sites for hydroxylation is 5. The van der Waals surface area contributed by atoms with Crippen molar-refractivity contribution < 1.29 is 55.6 Å². The van der Waals surface area contributed by atoms with Gasteiger partial charge in [0.05, 0.1) is 9.79 Å². The number of carbonyl (C=O) groups is 2. The molecule has 0 saturated carbocycles. The Balaban J connectivity index is 0.000000245. The quantitative estimate of drug-likeness (QED) is 0.0472. The summed E-state index contributed by atoms with van der Waals surface area (Å²) in [7, 11) is -7.36. The highest BCUT2D eigenvalue weighted by molar-refractivity contribution is 7.93. The molecule has 0 bridgehead atoms. The molecule has 0 radical (unpaired) electrons. The number of anilines is 2. The number of ether oxygens (including phenoxy) is 4. The fraction of sp³-hybridized carbons (Fsp3) is 0.224. The lowest BCUT2D eigenvalue weighted by Crippen LogP contribution is -2.16. The number of carboxylic acid groups (broad SMARTS) is 2. The van der Waals surface area contributed by atoms with Gasteiger partial charge in [0.2, 0.25) is 0 Å². The van der Waals surface area contributed by atoms with E-state index in [0.29, 0.717) is 63.2 Å². The van der Waals surface area contributed by atoms with Crippen LogP contribution in [0.25, 0.3) is 0 Å². The molecule has 0 saturated heterocycles. The molecule has 6 aromatic carbocycles. The van der Waals surface area contributed by atoms with E-state index in [1.54, 1.807) is 92.7 Å². The molecule has 4 N–H and O–H groups in total. The number of hydrogen-bond acceptors (Lipinski definition) is 10. The zero-order valence-electron chi connectivity index (χ0n) is 36.2. The Labute approximate surface area is 379 Å². The molecule has 342 valence electrons. The van der Waals surface area contributed by atoms with E-state index < -0.39 is 32.0 Å². The monoisotopic (exact) mass is 924 g/mol. The van der Waals surface area contributed by atoms with Crippen LogP contribution in [0, 0.1) is 20.8 Å². The van der Waals surface area contributed by atoms with Gasteiger partial charge in [-0.25, -0.2) is 16.8 Å². The second-order valence-corrected chi connectivity index (χ2v) is 18.0. The number of nitrogens with one attached hydrogen (secondary N) is 2. The molecule has 14 nitrogen and oxygen atoms in total. The Morgan fingerprint density at radius 2 is 0.877 bits per heavy atom. The molecular formula is C49H52N2O12S2. The summed E-state index contributed by atoms with van der Waals surface area (Å²) < 4.78 is 78.5. The van der Waals surface area contributed by atoms with E-state index in [-0.39, 0.29) is 44.2 Å². The van der Waals surface area contributed by atoms with E-state index in [0.717, 1.165) is 16.7 Å². The van der Waals surface area contributed by atoms with E-state index in [1.165, 1.54) is 12.1 Å². The number of rotatable bonds is 22. The first-order valence-corrected chi connectivity index (χ1v) is 23.6. The zero-order valence-corrected chi connectivity index (χ0v) is 37.9. The van der Waals surface area contributed by atoms with Crippen LogP contribution in [-0.2, 0) is 42.5 Å². The predicted octanol–water partition coefficient (Wildman–Crippen LogP) is 8.85. The average Bonchev–Trinajstić information content (AvgIpc) is 3.26. The minimum Gasteiger partial charge on any atom is -0.490 e. The largest absolute Gasteiger partial charge is 0.490 e. The lowest BCUT2D eigenvalue weighted by atomic mass is 10.1. The zero-order chi connectivity index (χ0) is 46.8. The van der Waals surface area contributed by atoms with Crippen LogP contribution >= 0.6 is 0 Å². The van der Waals surface area contributed by atoms with E-state index in [1.807, 2.05) is 55.5 Å². The fourth-order valence-electron chi connectivity index (χ4n) is 6.66. The van der Waals surface area contributed by atoms with Crippen molar-refractivity contribution in [1.82, 2.24) is 0 Å². The maximum atomic E-state index is 12.9. The Morgan fingerprint density at radius 1 is 0.492 bits per heavy atom. The summed E-state index contributed by atoms with van der Waals surface area (Å²) in [6.45, 7) is 6.64. The molecule has 0 aliphatic heterocycles. The van der Waals surface area contributed by atoms with Gasteiger partial charge < -0.3 is 29.2 Å². The molecular weight excluding hydrogens is 873 g/mol. The highest BCUT2D eigenvalue weighted by atomic mass is 32.2. The smallest absolute Gasteiger partial charge is 0.303 e. The number of para-hydroxylation sites is 2. The van der Waals surface area contributed by atoms with Gasteiger partial charge in [0.15, 0.2) is 0 Å². The van der Waals surface area contributed by atoms with E-state index in [9.17, 15) is 26.4 Å². The highest BCUT2D eigenvalue weighted by Crippen LogP contribution is 2.26. The maximum Gasteiger partial charge on any atom is 0.303 e. The first-order valence-electron chi connectivity index (χ1n) is 20.6. The van der Waals surface area contributed by atoms with Gasteiger partial charge >= 0.3 is 11.9 Å². The molecule has 0 aromatic heterocycles. The van der Waals surface area contributed by atoms with Crippen LogP contribution in [0.5, 0.6) is 23.0 Å². The summed E-state index contributed by atoms with van der Waals surface area (Å²) >= 11 is 0. The van der Waals surface area contributed by atoms with Gasteiger partial charge in [-0.1, -0.05) is 72.3 Å². The van der Waals surface area contributed by atoms with Crippen molar-refractivity contribution in [2.45, 2.75) is 56.2 Å². The molecule has 0 aliphatic carbocycles. The van der Waals surface area contributed by atoms with Crippen molar-refractivity contribution in [3.8, 4) is 23.0 Å². The molecule has 0 atom stereocenters. The predicted molar refractivity (Wildman–Crippen MR) is 248 cm³/mol. The first kappa shape index (κ1) is 49.0. The van der Waals surface area contributed by atoms with Crippen molar-refractivity contribution in [2.75, 3.05) is 35.9 Å². The number of sulfonamides is 2. The lowest BCUT2D eigenvalue weighted by Gasteiger charge is -2.14. The first-order chi connectivity index (χ1) is 31.1. The van der Waals surface area contributed by atoms with E-state index >= 15 is 0 Å². The number of benzene rings is 6. The highest BCUT2D eigenvalue weighted by Gasteiger charge is 2.20. The number of carboxylic acids is 2. The second kappa shape index (κ2) is 23.6. The summed E-state index contributed by atoms with van der Waals surface area (Å²) in [6.07, 6.45) is 0.866. The lowest BCUT2D eigenvalue weighted by molar-refractivity contribution is -0.138. The van der Waals surface area contributed by atoms with Crippen molar-refractivity contribution >= 4 is 43.4 Å². The Morgan fingerprint density at radius 3 is 1.31 bits per heavy atom. The van der Waals surface area contributed by atoms with Crippen LogP contribution in [0.3, 0.4) is 0 Å². The van der Waals surface area contributed by atoms with E-state index in [4.69, 9.17) is 29.2 Å². The van der Waals surface area contributed by atoms with Gasteiger partial charge in [0.1, 0.15) is 49.4 Å². The number of aliphatic carboxylic acids is 2. The van der Waals surface area contributed by atoms with Crippen LogP contribution in [0.4, 0.5) is 11.4 Å². The van der Waals surface area contributed by atoms with Gasteiger partial charge in [0, 0.05) is 24.2 Å². The Hall–Kier alpha value is -7.04. The van der Waals surface area contributed by atoms with Gasteiger partial charge in [-0.3, -0.25) is 19.0 Å². The van der Waals surface area contributed by atoms with Crippen molar-refractivity contribution in [3.05, 3.63) is 167 Å². The molecule has 6 rings (SSSR count). The third-order valence-corrected chi connectivity index (χ3v) is 12.6. The fourth-order valence-corrected chi connectivity index (χ4v) is 9.25. The topological polar surface area (TPSA) is 204 Å². The molecule has 6 aromatic rings. The summed E-state index contributed by atoms with van der Waals surface area (Å²) in [5.41, 5.74) is 4.96. The summed E-state index contributed by atoms with van der Waals surface area (Å²) in [5, 5.41) is 17.7. The van der Waals surface area contributed by atoms with Gasteiger partial charge in [-0.15, -0.1) is 0 Å². The summed E-state index contributed by atoms with van der Waals surface area (Å²) in [4.78, 5) is 22.1. The Kier molecular flexibility index (Phi) is 17.8. The standard InChI is InChI=1S/C26H29NO6S.C23H23NO6S/c1-18-16-19(2)26(20(3)17-18)34(30,31)27-22-9-11-23(12-10-22)32-14-15-33-24-7-5-4-6-21(24)8-13-25(28)29;25-23(26)15-10-18-6-4-5-9-22(18)30-17-16-29-20-13-11-19(12-14-20)24-31(27,28)21-7-2-1-3-8-21/h4-7,9-12,16-17,27H,8,13-15H2,1-3H3,(H,28,29);1-9,11-14,24H,10,15-17H2,(H,25,26). The van der Waals surface area contributed by atoms with Gasteiger partial charge in [-0.2, -0.15) is 0 Å². The molecule has 0 spiro atoms. The molecule has 0 aliphatic rings. The van der Waals surface area contributed by atoms with Crippen LogP contribution < -0.4 is 28.4 Å². The van der Waals surface area contributed by atoms with Gasteiger partial charge in [0.25, 0.3) is 20.0 Å². The van der Waals surface area contributed by atoms with Crippen LogP contribution in [0.15, 0.2) is 149 Å². The number of hydrogen-bond donors (Lipinski definition) is 4. The van der Waals surface area contributed by atoms with Crippen molar-refractivity contribution in [2.24, 2.45) is 0 Å². The minimum absolute atomic E-state index is 0.0377. The van der Waals surface area contributed by atoms with Gasteiger partial charge in [-0.05, 0) is 129 Å². The maximum absolute atomic E-state index is 12.9. The minimum atomic E-state index is -3.72. The van der Waals surface area contributed by atoms with Crippen LogP contribution in [-0.4, -0.2) is 65.4 Å². The molecule has 65 heavy (non-hydrogen) atoms. The third-order valence-electron chi connectivity index (χ3n) is 9.52. The normalized spacial score (nSPS) is 11.1. The molecule has 0 amide bonds. The summed E-state index contributed by atoms with van der Waals surface area (Å²) in [5.74, 6) is 0.719. The molecule has 16 heteroatoms. The van der Waals surface area contributed by atoms with Crippen molar-refractivity contribution in [1.29, 1.82) is 0 Å². The van der Waals surface area contributed by atoms with Crippen molar-refractivity contribution in [3.63, 3.8) is 0 Å². The molecule has 0 heterocycles.